The van der Waals surface area contributed by atoms with Gasteiger partial charge in [0, 0.05) is 39.3 Å². The van der Waals surface area contributed by atoms with Crippen molar-refractivity contribution in [1.29, 1.82) is 0 Å². The quantitative estimate of drug-likeness (QED) is 0.595. The van der Waals surface area contributed by atoms with Crippen LogP contribution in [0.4, 0.5) is 0 Å². The summed E-state index contributed by atoms with van der Waals surface area (Å²) in [5.41, 5.74) is 3.28. The zero-order chi connectivity index (χ0) is 11.3. The molecule has 1 rings (SSSR count). The van der Waals surface area contributed by atoms with E-state index in [2.05, 4.69) is 22.4 Å². The lowest BCUT2D eigenvalue weighted by molar-refractivity contribution is 0.0654. The number of nitrogens with one attached hydrogen (secondary N) is 1. The fourth-order valence-electron chi connectivity index (χ4n) is 1.69. The summed E-state index contributed by atoms with van der Waals surface area (Å²) in [6.45, 7) is 5.60. The van der Waals surface area contributed by atoms with E-state index in [4.69, 9.17) is 0 Å². The van der Waals surface area contributed by atoms with Crippen LogP contribution in [0.5, 0.6) is 0 Å². The molecular formula is C10H24N4O. The average Bonchev–Trinajstić information content (AvgIpc) is 2.16. The van der Waals surface area contributed by atoms with E-state index >= 15 is 0 Å². The van der Waals surface area contributed by atoms with Crippen molar-refractivity contribution in [2.75, 3.05) is 60.4 Å². The highest BCUT2D eigenvalue weighted by Gasteiger charge is 2.14. The number of nitrogens with zero attached hydrogens (tertiary/aromatic N) is 3. The van der Waals surface area contributed by atoms with Crippen LogP contribution in [0.15, 0.2) is 0 Å². The molecule has 0 aromatic heterocycles. The van der Waals surface area contributed by atoms with Gasteiger partial charge in [-0.25, -0.2) is 5.01 Å². The number of aliphatic hydroxyl groups excluding tert-OH is 1. The number of rotatable bonds is 5. The molecule has 0 bridgehead atoms. The highest BCUT2D eigenvalue weighted by Crippen LogP contribution is 1.95. The van der Waals surface area contributed by atoms with E-state index < -0.39 is 0 Å². The van der Waals surface area contributed by atoms with Crippen LogP contribution in [0.3, 0.4) is 0 Å². The maximum Gasteiger partial charge on any atom is 0.0805 e. The molecule has 90 valence electrons. The Morgan fingerprint density at radius 1 is 1.27 bits per heavy atom. The first-order chi connectivity index (χ1) is 7.08. The summed E-state index contributed by atoms with van der Waals surface area (Å²) < 4.78 is 0. The molecule has 2 N–H and O–H groups in total. The Morgan fingerprint density at radius 2 is 1.87 bits per heavy atom. The fourth-order valence-corrected chi connectivity index (χ4v) is 1.69. The van der Waals surface area contributed by atoms with E-state index in [1.165, 1.54) is 0 Å². The van der Waals surface area contributed by atoms with Crippen LogP contribution < -0.4 is 5.43 Å². The van der Waals surface area contributed by atoms with Crippen molar-refractivity contribution in [3.05, 3.63) is 0 Å². The molecule has 0 radical (unpaired) electrons. The average molecular weight is 216 g/mol. The molecule has 1 saturated heterocycles. The molecule has 5 nitrogen and oxygen atoms in total. The van der Waals surface area contributed by atoms with Gasteiger partial charge in [0.1, 0.15) is 0 Å². The minimum atomic E-state index is -0.292. The van der Waals surface area contributed by atoms with Crippen molar-refractivity contribution in [2.45, 2.75) is 6.10 Å². The molecule has 0 amide bonds. The van der Waals surface area contributed by atoms with Crippen molar-refractivity contribution < 1.29 is 5.11 Å². The molecule has 1 heterocycles. The summed E-state index contributed by atoms with van der Waals surface area (Å²) in [6, 6.07) is 0. The van der Waals surface area contributed by atoms with Crippen LogP contribution in [0.1, 0.15) is 0 Å². The van der Waals surface area contributed by atoms with Crippen LogP contribution in [0, 0.1) is 0 Å². The topological polar surface area (TPSA) is 42.0 Å². The van der Waals surface area contributed by atoms with Gasteiger partial charge in [0.15, 0.2) is 0 Å². The molecule has 0 aromatic rings. The maximum atomic E-state index is 9.66. The lowest BCUT2D eigenvalue weighted by atomic mass is 10.3. The van der Waals surface area contributed by atoms with Gasteiger partial charge >= 0.3 is 0 Å². The maximum absolute atomic E-state index is 9.66. The lowest BCUT2D eigenvalue weighted by Crippen LogP contribution is -2.53. The normalized spacial score (nSPS) is 22.2. The molecule has 1 unspecified atom stereocenters. The van der Waals surface area contributed by atoms with Crippen LogP contribution in [0.25, 0.3) is 0 Å². The summed E-state index contributed by atoms with van der Waals surface area (Å²) in [7, 11) is 6.08. The molecule has 0 spiro atoms. The predicted molar refractivity (Wildman–Crippen MR) is 61.6 cm³/mol. The van der Waals surface area contributed by atoms with Gasteiger partial charge < -0.3 is 14.9 Å². The van der Waals surface area contributed by atoms with Crippen molar-refractivity contribution in [2.24, 2.45) is 0 Å². The zero-order valence-corrected chi connectivity index (χ0v) is 10.1. The first-order valence-corrected chi connectivity index (χ1v) is 5.57. The molecule has 1 atom stereocenters. The number of hydrazine groups is 1. The molecule has 1 fully saturated rings. The summed E-state index contributed by atoms with van der Waals surface area (Å²) in [4.78, 5) is 4.31. The molecule has 0 aromatic carbocycles. The minimum absolute atomic E-state index is 0.292. The number of piperazine rings is 1. The van der Waals surface area contributed by atoms with E-state index in [1.54, 1.807) is 0 Å². The van der Waals surface area contributed by atoms with Gasteiger partial charge in [-0.3, -0.25) is 5.43 Å². The summed E-state index contributed by atoms with van der Waals surface area (Å²) >= 11 is 0. The van der Waals surface area contributed by atoms with Gasteiger partial charge in [0.2, 0.25) is 0 Å². The molecule has 0 aliphatic carbocycles. The largest absolute Gasteiger partial charge is 0.390 e. The van der Waals surface area contributed by atoms with Gasteiger partial charge in [-0.05, 0) is 21.1 Å². The second-order valence-corrected chi connectivity index (χ2v) is 4.57. The van der Waals surface area contributed by atoms with Crippen molar-refractivity contribution in [3.8, 4) is 0 Å². The predicted octanol–water partition coefficient (Wildman–Crippen LogP) is -1.34. The molecule has 1 aliphatic heterocycles. The second kappa shape index (κ2) is 6.40. The molecule has 15 heavy (non-hydrogen) atoms. The minimum Gasteiger partial charge on any atom is -0.390 e. The van der Waals surface area contributed by atoms with E-state index in [1.807, 2.05) is 19.0 Å². The van der Waals surface area contributed by atoms with Gasteiger partial charge in [-0.1, -0.05) is 0 Å². The molecule has 1 aliphatic rings. The van der Waals surface area contributed by atoms with Crippen LogP contribution >= 0.6 is 0 Å². The Kier molecular flexibility index (Phi) is 5.49. The van der Waals surface area contributed by atoms with Gasteiger partial charge in [0.05, 0.1) is 6.10 Å². The summed E-state index contributed by atoms with van der Waals surface area (Å²) in [6.07, 6.45) is -0.292. The zero-order valence-electron chi connectivity index (χ0n) is 10.1. The number of aliphatic hydroxyl groups is 1. The van der Waals surface area contributed by atoms with E-state index in [-0.39, 0.29) is 6.10 Å². The van der Waals surface area contributed by atoms with Crippen LogP contribution in [-0.4, -0.2) is 86.4 Å². The number of hydrogen-bond donors (Lipinski definition) is 2. The summed E-state index contributed by atoms with van der Waals surface area (Å²) in [5.74, 6) is 0. The Labute approximate surface area is 92.6 Å². The third-order valence-electron chi connectivity index (χ3n) is 2.63. The highest BCUT2D eigenvalue weighted by atomic mass is 16.3. The highest BCUT2D eigenvalue weighted by molar-refractivity contribution is 4.68. The van der Waals surface area contributed by atoms with Crippen molar-refractivity contribution in [1.82, 2.24) is 20.2 Å². The Hall–Kier alpha value is -0.200. The Bertz CT molecular complexity index is 169. The lowest BCUT2D eigenvalue weighted by Gasteiger charge is -2.33. The number of hydrogen-bond acceptors (Lipinski definition) is 5. The third kappa shape index (κ3) is 5.44. The monoisotopic (exact) mass is 216 g/mol. The van der Waals surface area contributed by atoms with Gasteiger partial charge in [0.25, 0.3) is 0 Å². The van der Waals surface area contributed by atoms with Crippen molar-refractivity contribution in [3.63, 3.8) is 0 Å². The summed E-state index contributed by atoms with van der Waals surface area (Å²) in [5, 5.41) is 11.9. The number of likely N-dealkylation sites (N-methyl/N-ethyl adjacent to an activating group) is 2. The second-order valence-electron chi connectivity index (χ2n) is 4.57. The Morgan fingerprint density at radius 3 is 2.40 bits per heavy atom. The SMILES string of the molecule is CN(C)CC(O)CNN1CCN(C)CC1. The fraction of sp³-hybridized carbons (Fsp3) is 1.00. The van der Waals surface area contributed by atoms with Crippen LogP contribution in [-0.2, 0) is 0 Å². The van der Waals surface area contributed by atoms with E-state index in [0.717, 1.165) is 26.2 Å². The Balaban J connectivity index is 2.09. The third-order valence-corrected chi connectivity index (χ3v) is 2.63. The smallest absolute Gasteiger partial charge is 0.0805 e. The van der Waals surface area contributed by atoms with Crippen LogP contribution in [0.2, 0.25) is 0 Å². The van der Waals surface area contributed by atoms with E-state index in [9.17, 15) is 5.11 Å². The first-order valence-electron chi connectivity index (χ1n) is 5.57. The van der Waals surface area contributed by atoms with Gasteiger partial charge in [-0.2, -0.15) is 0 Å². The molecular weight excluding hydrogens is 192 g/mol. The van der Waals surface area contributed by atoms with E-state index in [0.29, 0.717) is 13.1 Å². The van der Waals surface area contributed by atoms with Gasteiger partial charge in [-0.15, -0.1) is 0 Å². The molecule has 5 heteroatoms. The molecule has 0 saturated carbocycles. The first kappa shape index (κ1) is 12.9. The van der Waals surface area contributed by atoms with Crippen molar-refractivity contribution >= 4 is 0 Å². The standard InChI is InChI=1S/C10H24N4O/c1-12(2)9-10(15)8-11-14-6-4-13(3)5-7-14/h10-11,15H,4-9H2,1-3H3.